The number of aromatic nitrogens is 2. The SMILES string of the molecule is Cc1ccc(Nc2ncnc3cc(C#CC(C)(C)N4CCN(C)CC4)c([N+](=O)[O-])cc23)cc1C. The van der Waals surface area contributed by atoms with Crippen LogP contribution in [0.3, 0.4) is 0 Å². The third-order valence-electron chi connectivity index (χ3n) is 6.52. The lowest BCUT2D eigenvalue weighted by Crippen LogP contribution is -2.53. The molecule has 1 aliphatic heterocycles. The summed E-state index contributed by atoms with van der Waals surface area (Å²) < 4.78 is 0. The van der Waals surface area contributed by atoms with Crippen molar-refractivity contribution in [2.75, 3.05) is 38.5 Å². The van der Waals surface area contributed by atoms with E-state index in [-0.39, 0.29) is 10.6 Å². The molecule has 0 atom stereocenters. The van der Waals surface area contributed by atoms with Crippen LogP contribution in [0.2, 0.25) is 0 Å². The van der Waals surface area contributed by atoms with Crippen molar-refractivity contribution >= 4 is 28.1 Å². The summed E-state index contributed by atoms with van der Waals surface area (Å²) in [5.41, 5.74) is 3.72. The highest BCUT2D eigenvalue weighted by molar-refractivity contribution is 5.93. The number of benzene rings is 2. The van der Waals surface area contributed by atoms with E-state index in [2.05, 4.69) is 64.7 Å². The van der Waals surface area contributed by atoms with E-state index < -0.39 is 5.54 Å². The predicted octanol–water partition coefficient (Wildman–Crippen LogP) is 4.28. The molecule has 0 bridgehead atoms. The lowest BCUT2D eigenvalue weighted by Gasteiger charge is -2.40. The van der Waals surface area contributed by atoms with E-state index in [1.54, 1.807) is 6.07 Å². The Bertz CT molecular complexity index is 1300. The van der Waals surface area contributed by atoms with Crippen LogP contribution >= 0.6 is 0 Å². The number of likely N-dealkylation sites (N-methyl/N-ethyl adjacent to an activating group) is 1. The summed E-state index contributed by atoms with van der Waals surface area (Å²) in [6.07, 6.45) is 1.46. The number of aryl methyl sites for hydroxylation is 2. The molecule has 2 aromatic carbocycles. The van der Waals surface area contributed by atoms with Gasteiger partial charge in [-0.2, -0.15) is 0 Å². The number of fused-ring (bicyclic) bond motifs is 1. The Balaban J connectivity index is 1.71. The van der Waals surface area contributed by atoms with Crippen molar-refractivity contribution in [1.82, 2.24) is 19.8 Å². The molecule has 8 nitrogen and oxygen atoms in total. The summed E-state index contributed by atoms with van der Waals surface area (Å²) in [7, 11) is 2.11. The minimum Gasteiger partial charge on any atom is -0.340 e. The van der Waals surface area contributed by atoms with E-state index in [1.165, 1.54) is 18.0 Å². The van der Waals surface area contributed by atoms with E-state index in [1.807, 2.05) is 25.1 Å². The van der Waals surface area contributed by atoms with Crippen molar-refractivity contribution < 1.29 is 4.92 Å². The monoisotopic (exact) mass is 458 g/mol. The zero-order valence-electron chi connectivity index (χ0n) is 20.3. The van der Waals surface area contributed by atoms with Crippen molar-refractivity contribution in [3.8, 4) is 11.8 Å². The van der Waals surface area contributed by atoms with Gasteiger partial charge < -0.3 is 10.2 Å². The van der Waals surface area contributed by atoms with Gasteiger partial charge in [0.1, 0.15) is 17.7 Å². The van der Waals surface area contributed by atoms with Crippen LogP contribution < -0.4 is 5.32 Å². The molecule has 1 fully saturated rings. The molecular weight excluding hydrogens is 428 g/mol. The largest absolute Gasteiger partial charge is 0.340 e. The summed E-state index contributed by atoms with van der Waals surface area (Å²) in [6, 6.07) is 9.22. The lowest BCUT2D eigenvalue weighted by atomic mass is 10.0. The van der Waals surface area contributed by atoms with Crippen LogP contribution in [0.15, 0.2) is 36.7 Å². The first-order chi connectivity index (χ1) is 16.1. The maximum Gasteiger partial charge on any atom is 0.285 e. The number of anilines is 2. The molecule has 8 heteroatoms. The fraction of sp³-hybridized carbons (Fsp3) is 0.385. The highest BCUT2D eigenvalue weighted by atomic mass is 16.6. The Hall–Kier alpha value is -3.54. The molecule has 0 saturated carbocycles. The van der Waals surface area contributed by atoms with Crippen molar-refractivity contribution in [2.45, 2.75) is 33.2 Å². The van der Waals surface area contributed by atoms with Crippen LogP contribution in [0, 0.1) is 35.8 Å². The van der Waals surface area contributed by atoms with Gasteiger partial charge in [0.15, 0.2) is 0 Å². The van der Waals surface area contributed by atoms with Crippen molar-refractivity contribution in [1.29, 1.82) is 0 Å². The second kappa shape index (κ2) is 9.37. The summed E-state index contributed by atoms with van der Waals surface area (Å²) in [4.78, 5) is 24.9. The van der Waals surface area contributed by atoms with Crippen LogP contribution in [-0.2, 0) is 0 Å². The smallest absolute Gasteiger partial charge is 0.285 e. The van der Waals surface area contributed by atoms with Crippen molar-refractivity contribution in [3.05, 3.63) is 63.5 Å². The molecule has 34 heavy (non-hydrogen) atoms. The zero-order valence-corrected chi connectivity index (χ0v) is 20.3. The number of hydrogen-bond acceptors (Lipinski definition) is 7. The van der Waals surface area contributed by atoms with Crippen LogP contribution in [-0.4, -0.2) is 63.5 Å². The number of nitrogens with zero attached hydrogens (tertiary/aromatic N) is 5. The number of nitro benzene ring substituents is 1. The fourth-order valence-corrected chi connectivity index (χ4v) is 4.06. The number of piperazine rings is 1. The van der Waals surface area contributed by atoms with E-state index in [4.69, 9.17) is 0 Å². The topological polar surface area (TPSA) is 87.4 Å². The molecular formula is C26H30N6O2. The molecule has 0 unspecified atom stereocenters. The van der Waals surface area contributed by atoms with Gasteiger partial charge in [-0.15, -0.1) is 0 Å². The molecule has 0 aliphatic carbocycles. The van der Waals surface area contributed by atoms with Gasteiger partial charge in [0.2, 0.25) is 0 Å². The Morgan fingerprint density at radius 3 is 2.47 bits per heavy atom. The Morgan fingerprint density at radius 1 is 1.06 bits per heavy atom. The molecule has 0 spiro atoms. The van der Waals surface area contributed by atoms with Gasteiger partial charge in [-0.05, 0) is 64.1 Å². The van der Waals surface area contributed by atoms with Crippen LogP contribution in [0.5, 0.6) is 0 Å². The second-order valence-corrected chi connectivity index (χ2v) is 9.39. The standard InChI is InChI=1S/C26H30N6O2/c1-18-6-7-21(14-19(18)2)29-25-22-16-24(32(33)34)20(15-23(22)27-17-28-25)8-9-26(3,4)31-12-10-30(5)11-13-31/h6-7,14-17H,10-13H2,1-5H3,(H,27,28,29). The second-order valence-electron chi connectivity index (χ2n) is 9.39. The summed E-state index contributed by atoms with van der Waals surface area (Å²) in [6.45, 7) is 12.0. The van der Waals surface area contributed by atoms with Gasteiger partial charge >= 0.3 is 0 Å². The Labute approximate surface area is 200 Å². The highest BCUT2D eigenvalue weighted by Crippen LogP contribution is 2.30. The first-order valence-electron chi connectivity index (χ1n) is 11.4. The van der Waals surface area contributed by atoms with E-state index in [0.29, 0.717) is 22.3 Å². The molecule has 2 heterocycles. The van der Waals surface area contributed by atoms with Crippen molar-refractivity contribution in [3.63, 3.8) is 0 Å². The molecule has 3 aromatic rings. The summed E-state index contributed by atoms with van der Waals surface area (Å²) >= 11 is 0. The van der Waals surface area contributed by atoms with Gasteiger partial charge in [0.05, 0.1) is 16.0 Å². The van der Waals surface area contributed by atoms with Gasteiger partial charge in [0.25, 0.3) is 5.69 Å². The number of nitrogens with one attached hydrogen (secondary N) is 1. The predicted molar refractivity (Wildman–Crippen MR) is 135 cm³/mol. The normalized spacial score (nSPS) is 15.1. The van der Waals surface area contributed by atoms with Crippen LogP contribution in [0.25, 0.3) is 10.9 Å². The lowest BCUT2D eigenvalue weighted by molar-refractivity contribution is -0.385. The van der Waals surface area contributed by atoms with Crippen LogP contribution in [0.4, 0.5) is 17.2 Å². The molecule has 1 saturated heterocycles. The molecule has 0 amide bonds. The first kappa shape index (κ1) is 23.6. The highest BCUT2D eigenvalue weighted by Gasteiger charge is 2.27. The van der Waals surface area contributed by atoms with Gasteiger partial charge in [-0.1, -0.05) is 17.9 Å². The molecule has 1 N–H and O–H groups in total. The molecule has 4 rings (SSSR count). The maximum absolute atomic E-state index is 11.9. The molecule has 176 valence electrons. The maximum atomic E-state index is 11.9. The first-order valence-corrected chi connectivity index (χ1v) is 11.4. The molecule has 1 aromatic heterocycles. The molecule has 0 radical (unpaired) electrons. The quantitative estimate of drug-likeness (QED) is 0.355. The summed E-state index contributed by atoms with van der Waals surface area (Å²) in [5.74, 6) is 6.89. The number of rotatable bonds is 4. The fourth-order valence-electron chi connectivity index (χ4n) is 4.06. The van der Waals surface area contributed by atoms with Crippen molar-refractivity contribution in [2.24, 2.45) is 0 Å². The number of hydrogen-bond donors (Lipinski definition) is 1. The minimum absolute atomic E-state index is 0.0490. The third kappa shape index (κ3) is 5.01. The minimum atomic E-state index is -0.397. The average molecular weight is 459 g/mol. The van der Waals surface area contributed by atoms with Gasteiger partial charge in [0, 0.05) is 43.3 Å². The van der Waals surface area contributed by atoms with Crippen LogP contribution in [0.1, 0.15) is 30.5 Å². The zero-order chi connectivity index (χ0) is 24.5. The van der Waals surface area contributed by atoms with Gasteiger partial charge in [-0.3, -0.25) is 15.0 Å². The van der Waals surface area contributed by atoms with Gasteiger partial charge in [-0.25, -0.2) is 9.97 Å². The Kier molecular flexibility index (Phi) is 6.51. The molecule has 1 aliphatic rings. The Morgan fingerprint density at radius 2 is 1.79 bits per heavy atom. The van der Waals surface area contributed by atoms with E-state index >= 15 is 0 Å². The average Bonchev–Trinajstić information content (AvgIpc) is 2.80. The number of nitro groups is 1. The third-order valence-corrected chi connectivity index (χ3v) is 6.52. The van der Waals surface area contributed by atoms with E-state index in [0.717, 1.165) is 37.4 Å². The summed E-state index contributed by atoms with van der Waals surface area (Å²) in [5, 5.41) is 15.8. The van der Waals surface area contributed by atoms with E-state index in [9.17, 15) is 10.1 Å².